The Labute approximate surface area is 120 Å². The molecule has 1 saturated heterocycles. The quantitative estimate of drug-likeness (QED) is 0.827. The summed E-state index contributed by atoms with van der Waals surface area (Å²) in [4.78, 5) is 19.0. The first-order chi connectivity index (χ1) is 10.1. The van der Waals surface area contributed by atoms with Crippen LogP contribution in [0.3, 0.4) is 0 Å². The second-order valence-corrected chi connectivity index (χ2v) is 4.90. The van der Waals surface area contributed by atoms with Crippen molar-refractivity contribution in [3.63, 3.8) is 0 Å². The van der Waals surface area contributed by atoms with Crippen LogP contribution in [-0.4, -0.2) is 48.9 Å². The lowest BCUT2D eigenvalue weighted by molar-refractivity contribution is -0.146. The van der Waals surface area contributed by atoms with Crippen LogP contribution in [0.25, 0.3) is 0 Å². The SMILES string of the molecule is O=C([C@H]1CC(c2cc(F)ccc2F)=NO1)N1CCOCC1. The number of hydrogen-bond donors (Lipinski definition) is 0. The van der Waals surface area contributed by atoms with E-state index in [1.54, 1.807) is 4.90 Å². The molecule has 2 heterocycles. The highest BCUT2D eigenvalue weighted by Gasteiger charge is 2.33. The van der Waals surface area contributed by atoms with E-state index < -0.39 is 17.7 Å². The fourth-order valence-corrected chi connectivity index (χ4v) is 2.37. The number of nitrogens with zero attached hydrogens (tertiary/aromatic N) is 2. The van der Waals surface area contributed by atoms with Crippen molar-refractivity contribution < 1.29 is 23.1 Å². The van der Waals surface area contributed by atoms with Crippen molar-refractivity contribution in [3.05, 3.63) is 35.4 Å². The number of carbonyl (C=O) groups is 1. The maximum absolute atomic E-state index is 13.7. The molecule has 0 spiro atoms. The Morgan fingerprint density at radius 1 is 1.29 bits per heavy atom. The number of morpholine rings is 1. The smallest absolute Gasteiger partial charge is 0.267 e. The Balaban J connectivity index is 1.69. The van der Waals surface area contributed by atoms with Crippen LogP contribution in [0.1, 0.15) is 12.0 Å². The number of benzene rings is 1. The van der Waals surface area contributed by atoms with E-state index in [9.17, 15) is 13.6 Å². The molecule has 0 radical (unpaired) electrons. The number of carbonyl (C=O) groups excluding carboxylic acids is 1. The van der Waals surface area contributed by atoms with Gasteiger partial charge >= 0.3 is 0 Å². The van der Waals surface area contributed by atoms with E-state index in [2.05, 4.69) is 5.16 Å². The summed E-state index contributed by atoms with van der Waals surface area (Å²) in [5.74, 6) is -1.34. The standard InChI is InChI=1S/C14H14F2N2O3/c15-9-1-2-11(16)10(7-9)12-8-13(21-17-12)14(19)18-3-5-20-6-4-18/h1-2,7,13H,3-6,8H2/t13-/m1/s1. The highest BCUT2D eigenvalue weighted by atomic mass is 19.1. The molecule has 0 unspecified atom stereocenters. The molecule has 112 valence electrons. The van der Waals surface area contributed by atoms with Gasteiger partial charge in [-0.3, -0.25) is 4.79 Å². The average Bonchev–Trinajstić information content (AvgIpc) is 2.99. The molecule has 2 aliphatic heterocycles. The van der Waals surface area contributed by atoms with Gasteiger partial charge in [0.1, 0.15) is 11.6 Å². The van der Waals surface area contributed by atoms with Crippen LogP contribution in [0.5, 0.6) is 0 Å². The van der Waals surface area contributed by atoms with Crippen molar-refractivity contribution in [2.75, 3.05) is 26.3 Å². The van der Waals surface area contributed by atoms with Crippen molar-refractivity contribution in [1.82, 2.24) is 4.90 Å². The number of oxime groups is 1. The molecule has 1 aromatic rings. The predicted molar refractivity (Wildman–Crippen MR) is 69.8 cm³/mol. The number of halogens is 2. The summed E-state index contributed by atoms with van der Waals surface area (Å²) < 4.78 is 32.1. The van der Waals surface area contributed by atoms with Gasteiger partial charge in [-0.2, -0.15) is 0 Å². The van der Waals surface area contributed by atoms with Crippen LogP contribution in [0.4, 0.5) is 8.78 Å². The molecule has 7 heteroatoms. The number of ether oxygens (including phenoxy) is 1. The van der Waals surface area contributed by atoms with Crippen LogP contribution >= 0.6 is 0 Å². The number of rotatable bonds is 2. The van der Waals surface area contributed by atoms with E-state index in [-0.39, 0.29) is 23.6 Å². The van der Waals surface area contributed by atoms with E-state index in [4.69, 9.17) is 9.57 Å². The average molecular weight is 296 g/mol. The maximum Gasteiger partial charge on any atom is 0.267 e. The van der Waals surface area contributed by atoms with Crippen molar-refractivity contribution in [3.8, 4) is 0 Å². The van der Waals surface area contributed by atoms with Gasteiger partial charge in [0.05, 0.1) is 18.9 Å². The zero-order valence-corrected chi connectivity index (χ0v) is 11.2. The van der Waals surface area contributed by atoms with Crippen molar-refractivity contribution in [2.45, 2.75) is 12.5 Å². The summed E-state index contributed by atoms with van der Waals surface area (Å²) in [5, 5.41) is 3.74. The van der Waals surface area contributed by atoms with Crippen LogP contribution in [0.2, 0.25) is 0 Å². The first-order valence-corrected chi connectivity index (χ1v) is 6.70. The first-order valence-electron chi connectivity index (χ1n) is 6.70. The molecular weight excluding hydrogens is 282 g/mol. The normalized spacial score (nSPS) is 21.9. The minimum absolute atomic E-state index is 0.0345. The van der Waals surface area contributed by atoms with Gasteiger partial charge in [0.2, 0.25) is 6.10 Å². The monoisotopic (exact) mass is 296 g/mol. The van der Waals surface area contributed by atoms with Gasteiger partial charge in [0.15, 0.2) is 0 Å². The highest BCUT2D eigenvalue weighted by molar-refractivity contribution is 6.04. The Hall–Kier alpha value is -2.02. The van der Waals surface area contributed by atoms with Gasteiger partial charge in [0.25, 0.3) is 5.91 Å². The fourth-order valence-electron chi connectivity index (χ4n) is 2.37. The van der Waals surface area contributed by atoms with Crippen LogP contribution < -0.4 is 0 Å². The van der Waals surface area contributed by atoms with E-state index in [0.29, 0.717) is 26.3 Å². The third kappa shape index (κ3) is 2.87. The fraction of sp³-hybridized carbons (Fsp3) is 0.429. The molecule has 1 aromatic carbocycles. The summed E-state index contributed by atoms with van der Waals surface area (Å²) in [6, 6.07) is 3.12. The summed E-state index contributed by atoms with van der Waals surface area (Å²) in [5.41, 5.74) is 0.283. The molecule has 1 atom stereocenters. The van der Waals surface area contributed by atoms with E-state index >= 15 is 0 Å². The zero-order chi connectivity index (χ0) is 14.8. The van der Waals surface area contributed by atoms with Crippen LogP contribution in [0, 0.1) is 11.6 Å². The summed E-state index contributed by atoms with van der Waals surface area (Å²) >= 11 is 0. The molecule has 0 aromatic heterocycles. The first kappa shape index (κ1) is 13.9. The van der Waals surface area contributed by atoms with E-state index in [1.165, 1.54) is 0 Å². The third-order valence-corrected chi connectivity index (χ3v) is 3.51. The van der Waals surface area contributed by atoms with Crippen molar-refractivity contribution in [1.29, 1.82) is 0 Å². The van der Waals surface area contributed by atoms with Gasteiger partial charge in [-0.05, 0) is 18.2 Å². The van der Waals surface area contributed by atoms with Crippen molar-refractivity contribution >= 4 is 11.6 Å². The van der Waals surface area contributed by atoms with Crippen molar-refractivity contribution in [2.24, 2.45) is 5.16 Å². The van der Waals surface area contributed by atoms with E-state index in [0.717, 1.165) is 18.2 Å². The van der Waals surface area contributed by atoms with Gasteiger partial charge in [-0.15, -0.1) is 0 Å². The minimum atomic E-state index is -0.777. The second kappa shape index (κ2) is 5.77. The maximum atomic E-state index is 13.7. The number of amides is 1. The molecule has 3 rings (SSSR count). The molecule has 1 fully saturated rings. The van der Waals surface area contributed by atoms with Crippen LogP contribution in [0.15, 0.2) is 23.4 Å². The minimum Gasteiger partial charge on any atom is -0.382 e. The Morgan fingerprint density at radius 2 is 2.05 bits per heavy atom. The Morgan fingerprint density at radius 3 is 2.81 bits per heavy atom. The van der Waals surface area contributed by atoms with Gasteiger partial charge in [-0.1, -0.05) is 5.16 Å². The second-order valence-electron chi connectivity index (χ2n) is 4.90. The van der Waals surface area contributed by atoms with E-state index in [1.807, 2.05) is 0 Å². The topological polar surface area (TPSA) is 51.1 Å². The molecule has 2 aliphatic rings. The lowest BCUT2D eigenvalue weighted by atomic mass is 10.0. The van der Waals surface area contributed by atoms with Gasteiger partial charge < -0.3 is 14.5 Å². The molecule has 0 saturated carbocycles. The molecule has 0 bridgehead atoms. The summed E-state index contributed by atoms with van der Waals surface area (Å²) in [6.45, 7) is 1.99. The largest absolute Gasteiger partial charge is 0.382 e. The van der Waals surface area contributed by atoms with Gasteiger partial charge in [-0.25, -0.2) is 8.78 Å². The van der Waals surface area contributed by atoms with Gasteiger partial charge in [0, 0.05) is 25.1 Å². The lowest BCUT2D eigenvalue weighted by Gasteiger charge is -2.28. The molecule has 5 nitrogen and oxygen atoms in total. The molecule has 0 aliphatic carbocycles. The highest BCUT2D eigenvalue weighted by Crippen LogP contribution is 2.21. The predicted octanol–water partition coefficient (Wildman–Crippen LogP) is 1.32. The molecule has 0 N–H and O–H groups in total. The molecule has 21 heavy (non-hydrogen) atoms. The van der Waals surface area contributed by atoms with Crippen LogP contribution in [-0.2, 0) is 14.4 Å². The molecular formula is C14H14F2N2O3. The zero-order valence-electron chi connectivity index (χ0n) is 11.2. The Kier molecular flexibility index (Phi) is 3.83. The summed E-state index contributed by atoms with van der Waals surface area (Å²) in [6.07, 6.45) is -0.642. The molecule has 1 amide bonds. The Bertz CT molecular complexity index is 586. The third-order valence-electron chi connectivity index (χ3n) is 3.51. The number of hydrogen-bond acceptors (Lipinski definition) is 4. The summed E-state index contributed by atoms with van der Waals surface area (Å²) in [7, 11) is 0. The lowest BCUT2D eigenvalue weighted by Crippen LogP contribution is -2.45.